The Balaban J connectivity index is 3.09. The average molecular weight is 250 g/mol. The van der Waals surface area contributed by atoms with Gasteiger partial charge >= 0.3 is 12.4 Å². The van der Waals surface area contributed by atoms with E-state index in [9.17, 15) is 26.3 Å². The lowest BCUT2D eigenvalue weighted by Gasteiger charge is -2.44. The molecule has 1 rings (SSSR count). The zero-order valence-electron chi connectivity index (χ0n) is 8.74. The van der Waals surface area contributed by atoms with Crippen LogP contribution in [-0.2, 0) is 4.74 Å². The van der Waals surface area contributed by atoms with Gasteiger partial charge in [-0.2, -0.15) is 26.3 Å². The number of alkyl halides is 6. The predicted octanol–water partition coefficient (Wildman–Crippen LogP) is 3.54. The summed E-state index contributed by atoms with van der Waals surface area (Å²) in [5.41, 5.74) is -3.99. The molecule has 16 heavy (non-hydrogen) atoms. The molecule has 2 unspecified atom stereocenters. The topological polar surface area (TPSA) is 9.23 Å². The molecule has 1 saturated heterocycles. The smallest absolute Gasteiger partial charge is 0.358 e. The van der Waals surface area contributed by atoms with Gasteiger partial charge < -0.3 is 4.74 Å². The van der Waals surface area contributed by atoms with Crippen molar-refractivity contribution in [3.05, 3.63) is 0 Å². The Kier molecular flexibility index (Phi) is 3.22. The maximum absolute atomic E-state index is 12.5. The molecule has 2 atom stereocenters. The lowest BCUT2D eigenvalue weighted by atomic mass is 9.80. The van der Waals surface area contributed by atoms with Crippen molar-refractivity contribution in [1.29, 1.82) is 0 Å². The number of halogens is 6. The normalized spacial score (nSPS) is 31.5. The lowest BCUT2D eigenvalue weighted by Crippen LogP contribution is -2.62. The molecule has 0 saturated carbocycles. The van der Waals surface area contributed by atoms with Crippen LogP contribution >= 0.6 is 0 Å². The Morgan fingerprint density at radius 2 is 1.38 bits per heavy atom. The van der Waals surface area contributed by atoms with Crippen molar-refractivity contribution < 1.29 is 31.1 Å². The van der Waals surface area contributed by atoms with Crippen molar-refractivity contribution in [2.75, 3.05) is 6.61 Å². The second-order valence-electron chi connectivity index (χ2n) is 4.29. The third-order valence-electron chi connectivity index (χ3n) is 3.09. The summed E-state index contributed by atoms with van der Waals surface area (Å²) in [6.07, 6.45) is -11.9. The van der Waals surface area contributed by atoms with Crippen LogP contribution in [0.4, 0.5) is 26.3 Å². The van der Waals surface area contributed by atoms with E-state index in [-0.39, 0.29) is 5.92 Å². The van der Waals surface area contributed by atoms with Gasteiger partial charge in [-0.15, -0.1) is 0 Å². The van der Waals surface area contributed by atoms with Gasteiger partial charge in [-0.1, -0.05) is 13.8 Å². The van der Waals surface area contributed by atoms with Crippen LogP contribution in [0.5, 0.6) is 0 Å². The minimum Gasteiger partial charge on any atom is -0.358 e. The fourth-order valence-electron chi connectivity index (χ4n) is 1.71. The molecular formula is C9H12F6O. The number of hydrogen-bond acceptors (Lipinski definition) is 1. The maximum atomic E-state index is 12.5. The summed E-state index contributed by atoms with van der Waals surface area (Å²) in [6, 6.07) is 0. The van der Waals surface area contributed by atoms with Gasteiger partial charge in [0, 0.05) is 0 Å². The minimum absolute atomic E-state index is 0.308. The van der Waals surface area contributed by atoms with Crippen LogP contribution in [0.25, 0.3) is 0 Å². The van der Waals surface area contributed by atoms with Gasteiger partial charge in [0.15, 0.2) is 0 Å². The second-order valence-corrected chi connectivity index (χ2v) is 4.29. The van der Waals surface area contributed by atoms with Crippen molar-refractivity contribution in [1.82, 2.24) is 0 Å². The van der Waals surface area contributed by atoms with E-state index in [0.717, 1.165) is 0 Å². The Labute approximate surface area is 88.8 Å². The van der Waals surface area contributed by atoms with E-state index in [2.05, 4.69) is 4.74 Å². The van der Waals surface area contributed by atoms with Crippen molar-refractivity contribution in [3.8, 4) is 0 Å². The molecule has 0 aromatic rings. The van der Waals surface area contributed by atoms with E-state index in [4.69, 9.17) is 0 Å². The van der Waals surface area contributed by atoms with Gasteiger partial charge in [0.05, 0.1) is 6.61 Å². The predicted molar refractivity (Wildman–Crippen MR) is 43.7 cm³/mol. The van der Waals surface area contributed by atoms with Crippen LogP contribution in [0, 0.1) is 11.8 Å². The largest absolute Gasteiger partial charge is 0.426 e. The number of ether oxygens (including phenoxy) is 1. The SMILES string of the molecule is CC1COC(C(F)(F)F)(C(F)(F)F)CC1C. The Morgan fingerprint density at radius 3 is 1.69 bits per heavy atom. The second kappa shape index (κ2) is 3.78. The van der Waals surface area contributed by atoms with Crippen molar-refractivity contribution in [2.45, 2.75) is 38.2 Å². The monoisotopic (exact) mass is 250 g/mol. The van der Waals surface area contributed by atoms with Crippen LogP contribution < -0.4 is 0 Å². The molecule has 0 bridgehead atoms. The van der Waals surface area contributed by atoms with Crippen LogP contribution in [0.1, 0.15) is 20.3 Å². The summed E-state index contributed by atoms with van der Waals surface area (Å²) >= 11 is 0. The van der Waals surface area contributed by atoms with E-state index in [1.807, 2.05) is 0 Å². The molecular weight excluding hydrogens is 238 g/mol. The molecule has 0 amide bonds. The molecule has 1 nitrogen and oxygen atoms in total. The highest BCUT2D eigenvalue weighted by Crippen LogP contribution is 2.52. The first-order chi connectivity index (χ1) is 7.01. The van der Waals surface area contributed by atoms with Crippen LogP contribution in [-0.4, -0.2) is 24.6 Å². The zero-order valence-corrected chi connectivity index (χ0v) is 8.74. The van der Waals surface area contributed by atoms with Crippen molar-refractivity contribution in [2.24, 2.45) is 11.8 Å². The molecule has 1 fully saturated rings. The fourth-order valence-corrected chi connectivity index (χ4v) is 1.71. The van der Waals surface area contributed by atoms with Gasteiger partial charge in [0.25, 0.3) is 5.60 Å². The first-order valence-corrected chi connectivity index (χ1v) is 4.78. The van der Waals surface area contributed by atoms with Crippen LogP contribution in [0.15, 0.2) is 0 Å². The third kappa shape index (κ3) is 2.01. The van der Waals surface area contributed by atoms with Gasteiger partial charge in [0.1, 0.15) is 0 Å². The molecule has 0 aliphatic carbocycles. The highest BCUT2D eigenvalue weighted by molar-refractivity contribution is 4.99. The molecule has 1 heterocycles. The summed E-state index contributed by atoms with van der Waals surface area (Å²) < 4.78 is 79.4. The zero-order chi connectivity index (χ0) is 12.8. The van der Waals surface area contributed by atoms with E-state index in [1.54, 1.807) is 6.92 Å². The van der Waals surface area contributed by atoms with E-state index in [0.29, 0.717) is 0 Å². The summed E-state index contributed by atoms with van der Waals surface area (Å²) in [7, 11) is 0. The lowest BCUT2D eigenvalue weighted by molar-refractivity contribution is -0.397. The fraction of sp³-hybridized carbons (Fsp3) is 1.00. The summed E-state index contributed by atoms with van der Waals surface area (Å²) in [4.78, 5) is 0. The standard InChI is InChI=1S/C9H12F6O/c1-5-3-7(8(10,11)12,9(13,14)15)16-4-6(5)2/h5-6H,3-4H2,1-2H3. The highest BCUT2D eigenvalue weighted by Gasteiger charge is 2.73. The Hall–Kier alpha value is -0.460. The van der Waals surface area contributed by atoms with Gasteiger partial charge in [0.2, 0.25) is 0 Å². The van der Waals surface area contributed by atoms with Crippen LogP contribution in [0.2, 0.25) is 0 Å². The first-order valence-electron chi connectivity index (χ1n) is 4.78. The molecule has 0 aromatic carbocycles. The van der Waals surface area contributed by atoms with Gasteiger partial charge in [-0.25, -0.2) is 0 Å². The van der Waals surface area contributed by atoms with Gasteiger partial charge in [-0.3, -0.25) is 0 Å². The quantitative estimate of drug-likeness (QED) is 0.597. The molecule has 1 aliphatic heterocycles. The summed E-state index contributed by atoms with van der Waals surface area (Å²) in [5.74, 6) is -0.991. The van der Waals surface area contributed by atoms with Crippen molar-refractivity contribution in [3.63, 3.8) is 0 Å². The maximum Gasteiger partial charge on any atom is 0.426 e. The van der Waals surface area contributed by atoms with Gasteiger partial charge in [-0.05, 0) is 18.3 Å². The highest BCUT2D eigenvalue weighted by atomic mass is 19.4. The molecule has 0 N–H and O–H groups in total. The Morgan fingerprint density at radius 1 is 0.938 bits per heavy atom. The van der Waals surface area contributed by atoms with Crippen LogP contribution in [0.3, 0.4) is 0 Å². The summed E-state index contributed by atoms with van der Waals surface area (Å²) in [6.45, 7) is 2.42. The van der Waals surface area contributed by atoms with Crippen molar-refractivity contribution >= 4 is 0 Å². The number of hydrogen-bond donors (Lipinski definition) is 0. The first kappa shape index (κ1) is 13.6. The molecule has 0 radical (unpaired) electrons. The van der Waals surface area contributed by atoms with E-state index < -0.39 is 36.9 Å². The van der Waals surface area contributed by atoms with E-state index in [1.165, 1.54) is 6.92 Å². The molecule has 0 aromatic heterocycles. The molecule has 7 heteroatoms. The molecule has 96 valence electrons. The average Bonchev–Trinajstić information content (AvgIpc) is 2.05. The Bertz CT molecular complexity index is 242. The molecule has 0 spiro atoms. The number of rotatable bonds is 0. The minimum atomic E-state index is -5.43. The third-order valence-corrected chi connectivity index (χ3v) is 3.09. The van der Waals surface area contributed by atoms with E-state index >= 15 is 0 Å². The summed E-state index contributed by atoms with van der Waals surface area (Å²) in [5, 5.41) is 0. The molecule has 1 aliphatic rings.